The van der Waals surface area contributed by atoms with Crippen molar-refractivity contribution in [1.82, 2.24) is 0 Å². The quantitative estimate of drug-likeness (QED) is 0.138. The van der Waals surface area contributed by atoms with E-state index < -0.39 is 5.97 Å². The lowest BCUT2D eigenvalue weighted by molar-refractivity contribution is 0.0526. The number of aromatic hydroxyl groups is 1. The molecule has 9 aliphatic heterocycles. The van der Waals surface area contributed by atoms with Crippen LogP contribution >= 0.6 is 0 Å². The molecule has 1 N–H and O–H groups in total. The summed E-state index contributed by atoms with van der Waals surface area (Å²) < 4.78 is 17.6. The second-order valence-corrected chi connectivity index (χ2v) is 29.6. The number of esters is 1. The average Bonchev–Trinajstić information content (AvgIpc) is 0.785. The lowest BCUT2D eigenvalue weighted by Gasteiger charge is -2.14. The van der Waals surface area contributed by atoms with Crippen LogP contribution in [0.15, 0.2) is 158 Å². The van der Waals surface area contributed by atoms with E-state index in [1.165, 1.54) is 257 Å². The first-order valence-corrected chi connectivity index (χ1v) is 42.4. The molecule has 0 amide bonds. The second-order valence-electron chi connectivity index (χ2n) is 29.6. The van der Waals surface area contributed by atoms with Crippen LogP contribution in [0.4, 0.5) is 0 Å². The number of carbonyl (C=O) groups is 1. The predicted octanol–water partition coefficient (Wildman–Crippen LogP) is 27.4. The van der Waals surface area contributed by atoms with Crippen molar-refractivity contribution in [3.05, 3.63) is 208 Å². The van der Waals surface area contributed by atoms with Crippen molar-refractivity contribution < 1.29 is 24.1 Å². The Kier molecular flexibility index (Phi) is 42.5. The molecule has 0 unspecified atom stereocenters. The van der Waals surface area contributed by atoms with E-state index in [1.807, 2.05) is 121 Å². The van der Waals surface area contributed by atoms with Crippen molar-refractivity contribution in [1.29, 1.82) is 0 Å². The van der Waals surface area contributed by atoms with Crippen molar-refractivity contribution in [2.45, 2.75) is 289 Å². The molecule has 0 aromatic heterocycles. The fourth-order valence-electron chi connectivity index (χ4n) is 14.0. The molecule has 16 rings (SSSR count). The van der Waals surface area contributed by atoms with E-state index >= 15 is 0 Å². The van der Waals surface area contributed by atoms with E-state index in [9.17, 15) is 9.90 Å². The van der Waals surface area contributed by atoms with Gasteiger partial charge in [-0.3, -0.25) is 0 Å². The van der Waals surface area contributed by atoms with Gasteiger partial charge >= 0.3 is 5.97 Å². The Balaban J connectivity index is 0.717. The van der Waals surface area contributed by atoms with Crippen molar-refractivity contribution in [2.24, 2.45) is 0 Å². The minimum atomic E-state index is -0.449. The number of phenols is 1. The molecule has 14 bridgehead atoms. The number of hydrogen-bond acceptors (Lipinski definition) is 5. The Bertz CT molecular complexity index is 3790. The summed E-state index contributed by atoms with van der Waals surface area (Å²) in [5.41, 5.74) is 10.4. The molecule has 9 heterocycles. The average molecular weight is 1440 g/mol. The zero-order valence-corrected chi connectivity index (χ0v) is 65.8. The highest BCUT2D eigenvalue weighted by Gasteiger charge is 2.18. The van der Waals surface area contributed by atoms with Gasteiger partial charge in [-0.15, -0.1) is 0 Å². The number of benzene rings is 7. The van der Waals surface area contributed by atoms with Crippen LogP contribution in [0.25, 0.3) is 22.3 Å². The molecular formula is C103H124O5. The smallest absolute Gasteiger partial charge is 0.338 e. The normalized spacial score (nSPS) is 16.4. The lowest BCUT2D eigenvalue weighted by Crippen LogP contribution is -2.05. The van der Waals surface area contributed by atoms with Gasteiger partial charge in [-0.05, 0) is 189 Å². The summed E-state index contributed by atoms with van der Waals surface area (Å²) in [4.78, 5) is 13.2. The fraction of sp³-hybridized carbons (Fsp3) is 0.466. The summed E-state index contributed by atoms with van der Waals surface area (Å²) in [5, 5.41) is 11.8. The first-order chi connectivity index (χ1) is 53.5. The molecule has 0 spiro atoms. The van der Waals surface area contributed by atoms with E-state index in [2.05, 4.69) is 95.3 Å². The van der Waals surface area contributed by atoms with Crippen LogP contribution < -0.4 is 9.47 Å². The Morgan fingerprint density at radius 2 is 0.519 bits per heavy atom. The first-order valence-electron chi connectivity index (χ1n) is 42.4. The third-order valence-electron chi connectivity index (χ3n) is 20.6. The monoisotopic (exact) mass is 1440 g/mol. The van der Waals surface area contributed by atoms with Gasteiger partial charge in [0.05, 0.1) is 25.4 Å². The minimum absolute atomic E-state index is 0.0754. The molecule has 5 nitrogen and oxygen atoms in total. The van der Waals surface area contributed by atoms with Gasteiger partial charge < -0.3 is 19.3 Å². The van der Waals surface area contributed by atoms with Gasteiger partial charge in [-0.25, -0.2) is 4.79 Å². The molecule has 5 heteroatoms. The number of ether oxygens (including phenoxy) is 3. The largest absolute Gasteiger partial charge is 0.507 e. The fourth-order valence-corrected chi connectivity index (χ4v) is 14.0. The summed E-state index contributed by atoms with van der Waals surface area (Å²) in [6.45, 7) is 3.49. The Morgan fingerprint density at radius 3 is 0.787 bits per heavy atom. The molecule has 0 saturated heterocycles. The number of carbonyl (C=O) groups excluding carboxylic acids is 1. The first kappa shape index (κ1) is 84.4. The summed E-state index contributed by atoms with van der Waals surface area (Å²) in [6, 6.07) is 51.3. The Hall–Kier alpha value is -9.23. The Morgan fingerprint density at radius 1 is 0.296 bits per heavy atom. The van der Waals surface area contributed by atoms with E-state index in [0.717, 1.165) is 106 Å². The van der Waals surface area contributed by atoms with Gasteiger partial charge in [0.2, 0.25) is 0 Å². The standard InChI is InChI=1S/C103H124O5/c1-2-106-103(105)97-85-100-95-75-67-91(68-76-95)63-65-93-71-79-98(80-72-93)107-83-49-43-39-35-31-27-23-19-15-11-7-3-5-9-13-17-21-25-29-33-37-41-45-51-87-55-59-89(60-56-87)53-47-48-54-90-61-57-88(58-62-90)52-46-42-38-34-30-26-22-18-14-10-6-4-8-12-16-20-24-28-32-36-40-44-50-84-108-99-81-73-94(74-82-99)66-64-92-69-77-96(78-70-92)101(86-97)102(100)104/h55-62,67-82,85-86,104H,2-44,49-50,83-84H2,1H3. The molecule has 0 radical (unpaired) electrons. The summed E-state index contributed by atoms with van der Waals surface area (Å²) in [7, 11) is 0. The zero-order valence-electron chi connectivity index (χ0n) is 65.8. The molecule has 0 fully saturated rings. The highest BCUT2D eigenvalue weighted by Crippen LogP contribution is 2.40. The maximum absolute atomic E-state index is 13.2. The van der Waals surface area contributed by atoms with Crippen LogP contribution in [-0.4, -0.2) is 30.9 Å². The Labute approximate surface area is 653 Å². The second kappa shape index (κ2) is 54.4. The molecule has 0 aliphatic carbocycles. The van der Waals surface area contributed by atoms with Gasteiger partial charge in [0.15, 0.2) is 0 Å². The molecule has 0 saturated carbocycles. The maximum atomic E-state index is 13.2. The van der Waals surface area contributed by atoms with Crippen molar-refractivity contribution >= 4 is 5.97 Å². The van der Waals surface area contributed by atoms with Gasteiger partial charge in [-0.1, -0.05) is 327 Å². The molecule has 0 atom stereocenters. The molecule has 108 heavy (non-hydrogen) atoms. The van der Waals surface area contributed by atoms with E-state index in [0.29, 0.717) is 16.7 Å². The third-order valence-corrected chi connectivity index (χ3v) is 20.6. The van der Waals surface area contributed by atoms with Crippen LogP contribution in [-0.2, 0) is 4.74 Å². The van der Waals surface area contributed by atoms with Crippen LogP contribution in [0.3, 0.4) is 0 Å². The van der Waals surface area contributed by atoms with Crippen molar-refractivity contribution in [2.75, 3.05) is 19.8 Å². The van der Waals surface area contributed by atoms with E-state index in [-0.39, 0.29) is 12.4 Å². The number of phenolic OH excluding ortho intramolecular Hbond substituents is 1. The SMILES string of the molecule is CCOC(=O)c1cc2c(O)c(c1)-c1ccc(cc1)C#Cc1ccc(cc1)OCCCCCCCCCCCCCCCCCCCCCCCC#Cc1ccc(cc1)C#CC#Cc1ccc(cc1)C#CCCCCCCCCCCCCCCCCCCCCCCCOc1ccc(cc1)C#Cc1ccc-2cc1. The van der Waals surface area contributed by atoms with Crippen molar-refractivity contribution in [3.8, 4) is 111 Å². The van der Waals surface area contributed by atoms with Crippen LogP contribution in [0.5, 0.6) is 17.2 Å². The van der Waals surface area contributed by atoms with Crippen molar-refractivity contribution in [3.63, 3.8) is 0 Å². The summed E-state index contributed by atoms with van der Waals surface area (Å²) >= 11 is 0. The predicted molar refractivity (Wildman–Crippen MR) is 454 cm³/mol. The van der Waals surface area contributed by atoms with Crippen LogP contribution in [0, 0.1) is 71.0 Å². The van der Waals surface area contributed by atoms with Gasteiger partial charge in [0.25, 0.3) is 0 Å². The van der Waals surface area contributed by atoms with Crippen LogP contribution in [0.2, 0.25) is 0 Å². The van der Waals surface area contributed by atoms with Gasteiger partial charge in [0, 0.05) is 68.5 Å². The van der Waals surface area contributed by atoms with E-state index in [1.54, 1.807) is 19.1 Å². The molecule has 7 aromatic carbocycles. The minimum Gasteiger partial charge on any atom is -0.507 e. The maximum Gasteiger partial charge on any atom is 0.338 e. The topological polar surface area (TPSA) is 65.0 Å². The molecule has 7 aromatic rings. The molecule has 9 aliphatic rings. The molecular weight excluding hydrogens is 1320 g/mol. The number of fused-ring (bicyclic) bond motifs is 2. The number of rotatable bonds is 2. The number of hydrogen-bond donors (Lipinski definition) is 1. The van der Waals surface area contributed by atoms with E-state index in [4.69, 9.17) is 14.2 Å². The lowest BCUT2D eigenvalue weighted by atomic mass is 9.93. The zero-order chi connectivity index (χ0) is 75.0. The highest BCUT2D eigenvalue weighted by atomic mass is 16.5. The van der Waals surface area contributed by atoms with Crippen LogP contribution in [0.1, 0.15) is 344 Å². The summed E-state index contributed by atoms with van der Waals surface area (Å²) in [5.74, 6) is 40.4. The highest BCUT2D eigenvalue weighted by molar-refractivity contribution is 5.96. The molecule has 566 valence electrons. The van der Waals surface area contributed by atoms with Gasteiger partial charge in [0.1, 0.15) is 17.2 Å². The third kappa shape index (κ3) is 36.1. The van der Waals surface area contributed by atoms with Gasteiger partial charge in [-0.2, -0.15) is 0 Å². The summed E-state index contributed by atoms with van der Waals surface area (Å²) in [6.07, 6.45) is 58.1.